The topological polar surface area (TPSA) is 21.3 Å². The molecule has 0 aromatic heterocycles. The number of aryl methyl sites for hydroxylation is 1. The molecule has 2 nitrogen and oxygen atoms in total. The third-order valence-electron chi connectivity index (χ3n) is 4.44. The molecule has 2 heteroatoms. The fraction of sp³-hybridized carbons (Fsp3) is 0.625. The standard InChI is InChI=1S/C16H23NO/c1-12-7-8-15(18-13-5-3-6-13)14(11-12)16(2)9-4-10-17-16/h7-8,11,13,17H,3-6,9-10H2,1-2H3. The quantitative estimate of drug-likeness (QED) is 0.879. The number of ether oxygens (including phenoxy) is 1. The van der Waals surface area contributed by atoms with E-state index in [0.717, 1.165) is 12.3 Å². The Bertz CT molecular complexity index is 431. The van der Waals surface area contributed by atoms with Gasteiger partial charge in [-0.15, -0.1) is 0 Å². The summed E-state index contributed by atoms with van der Waals surface area (Å²) in [7, 11) is 0. The van der Waals surface area contributed by atoms with Gasteiger partial charge in [0.25, 0.3) is 0 Å². The first-order valence-corrected chi connectivity index (χ1v) is 7.20. The SMILES string of the molecule is Cc1ccc(OC2CCC2)c(C2(C)CCCN2)c1. The Morgan fingerprint density at radius 1 is 1.28 bits per heavy atom. The first kappa shape index (κ1) is 12.0. The van der Waals surface area contributed by atoms with Gasteiger partial charge in [0.1, 0.15) is 5.75 Å². The van der Waals surface area contributed by atoms with E-state index in [1.165, 1.54) is 43.2 Å². The van der Waals surface area contributed by atoms with Gasteiger partial charge in [-0.2, -0.15) is 0 Å². The molecule has 2 fully saturated rings. The molecule has 1 heterocycles. The maximum absolute atomic E-state index is 6.17. The van der Waals surface area contributed by atoms with Crippen molar-refractivity contribution in [3.8, 4) is 5.75 Å². The average molecular weight is 245 g/mol. The minimum atomic E-state index is 0.102. The molecule has 0 amide bonds. The van der Waals surface area contributed by atoms with Crippen LogP contribution in [0.1, 0.15) is 50.2 Å². The van der Waals surface area contributed by atoms with E-state index in [-0.39, 0.29) is 5.54 Å². The second kappa shape index (κ2) is 4.58. The number of hydrogen-bond donors (Lipinski definition) is 1. The molecule has 98 valence electrons. The van der Waals surface area contributed by atoms with Gasteiger partial charge in [-0.25, -0.2) is 0 Å². The maximum Gasteiger partial charge on any atom is 0.124 e. The molecule has 0 spiro atoms. The predicted molar refractivity (Wildman–Crippen MR) is 74.0 cm³/mol. The molecule has 1 aliphatic heterocycles. The Kier molecular flexibility index (Phi) is 3.06. The molecule has 2 aliphatic rings. The van der Waals surface area contributed by atoms with E-state index in [1.807, 2.05) is 0 Å². The van der Waals surface area contributed by atoms with Crippen molar-refractivity contribution in [2.45, 2.75) is 57.6 Å². The third-order valence-corrected chi connectivity index (χ3v) is 4.44. The van der Waals surface area contributed by atoms with E-state index in [9.17, 15) is 0 Å². The lowest BCUT2D eigenvalue weighted by Gasteiger charge is -2.32. The largest absolute Gasteiger partial charge is 0.490 e. The molecule has 1 saturated heterocycles. The number of hydrogen-bond acceptors (Lipinski definition) is 2. The molecule has 1 N–H and O–H groups in total. The van der Waals surface area contributed by atoms with Crippen molar-refractivity contribution in [2.75, 3.05) is 6.54 Å². The lowest BCUT2D eigenvalue weighted by Crippen LogP contribution is -2.34. The van der Waals surface area contributed by atoms with Crippen molar-refractivity contribution in [2.24, 2.45) is 0 Å². The van der Waals surface area contributed by atoms with Crippen LogP contribution in [0.2, 0.25) is 0 Å². The zero-order valence-electron chi connectivity index (χ0n) is 11.5. The summed E-state index contributed by atoms with van der Waals surface area (Å²) < 4.78 is 6.17. The summed E-state index contributed by atoms with van der Waals surface area (Å²) in [5, 5.41) is 3.65. The van der Waals surface area contributed by atoms with Crippen LogP contribution in [0, 0.1) is 6.92 Å². The Hall–Kier alpha value is -1.02. The van der Waals surface area contributed by atoms with Gasteiger partial charge in [-0.1, -0.05) is 17.7 Å². The van der Waals surface area contributed by atoms with Crippen LogP contribution in [0.15, 0.2) is 18.2 Å². The first-order valence-electron chi connectivity index (χ1n) is 7.20. The van der Waals surface area contributed by atoms with Crippen molar-refractivity contribution in [1.29, 1.82) is 0 Å². The summed E-state index contributed by atoms with van der Waals surface area (Å²) >= 11 is 0. The summed E-state index contributed by atoms with van der Waals surface area (Å²) in [4.78, 5) is 0. The van der Waals surface area contributed by atoms with Gasteiger partial charge >= 0.3 is 0 Å². The van der Waals surface area contributed by atoms with Gasteiger partial charge in [-0.3, -0.25) is 0 Å². The average Bonchev–Trinajstić information content (AvgIpc) is 2.73. The molecule has 0 bridgehead atoms. The zero-order valence-corrected chi connectivity index (χ0v) is 11.5. The molecule has 18 heavy (non-hydrogen) atoms. The highest BCUT2D eigenvalue weighted by Gasteiger charge is 2.33. The Morgan fingerprint density at radius 3 is 2.72 bits per heavy atom. The van der Waals surface area contributed by atoms with Crippen molar-refractivity contribution >= 4 is 0 Å². The molecule has 1 saturated carbocycles. The fourth-order valence-electron chi connectivity index (χ4n) is 2.97. The zero-order chi connectivity index (χ0) is 12.6. The molecule has 1 atom stereocenters. The summed E-state index contributed by atoms with van der Waals surface area (Å²) in [5.41, 5.74) is 2.78. The normalized spacial score (nSPS) is 28.1. The number of rotatable bonds is 3. The van der Waals surface area contributed by atoms with Crippen LogP contribution in [-0.2, 0) is 5.54 Å². The lowest BCUT2D eigenvalue weighted by atomic mass is 9.88. The second-order valence-corrected chi connectivity index (χ2v) is 6.03. The molecular weight excluding hydrogens is 222 g/mol. The van der Waals surface area contributed by atoms with E-state index < -0.39 is 0 Å². The van der Waals surface area contributed by atoms with Crippen LogP contribution >= 0.6 is 0 Å². The van der Waals surface area contributed by atoms with Crippen LogP contribution in [0.4, 0.5) is 0 Å². The predicted octanol–water partition coefficient (Wildman–Crippen LogP) is 3.52. The van der Waals surface area contributed by atoms with Crippen molar-refractivity contribution in [3.05, 3.63) is 29.3 Å². The minimum Gasteiger partial charge on any atom is -0.490 e. The highest BCUT2D eigenvalue weighted by molar-refractivity contribution is 5.42. The number of nitrogens with one attached hydrogen (secondary N) is 1. The van der Waals surface area contributed by atoms with Crippen LogP contribution in [0.25, 0.3) is 0 Å². The van der Waals surface area contributed by atoms with Crippen molar-refractivity contribution in [1.82, 2.24) is 5.32 Å². The van der Waals surface area contributed by atoms with Gasteiger partial charge in [0.2, 0.25) is 0 Å². The van der Waals surface area contributed by atoms with Crippen LogP contribution in [-0.4, -0.2) is 12.6 Å². The highest BCUT2D eigenvalue weighted by Crippen LogP contribution is 2.38. The van der Waals surface area contributed by atoms with Gasteiger partial charge in [-0.05, 0) is 58.6 Å². The van der Waals surface area contributed by atoms with Gasteiger partial charge in [0, 0.05) is 11.1 Å². The first-order chi connectivity index (χ1) is 8.67. The smallest absolute Gasteiger partial charge is 0.124 e. The molecule has 1 aliphatic carbocycles. The minimum absolute atomic E-state index is 0.102. The van der Waals surface area contributed by atoms with Gasteiger partial charge < -0.3 is 10.1 Å². The Balaban J connectivity index is 1.91. The lowest BCUT2D eigenvalue weighted by molar-refractivity contribution is 0.117. The summed E-state index contributed by atoms with van der Waals surface area (Å²) in [6.07, 6.45) is 6.68. The van der Waals surface area contributed by atoms with Crippen LogP contribution < -0.4 is 10.1 Å². The summed E-state index contributed by atoms with van der Waals surface area (Å²) in [6.45, 7) is 5.59. The highest BCUT2D eigenvalue weighted by atomic mass is 16.5. The molecule has 1 unspecified atom stereocenters. The van der Waals surface area contributed by atoms with Crippen LogP contribution in [0.3, 0.4) is 0 Å². The Labute approximate surface area is 110 Å². The summed E-state index contributed by atoms with van der Waals surface area (Å²) in [6, 6.07) is 6.62. The monoisotopic (exact) mass is 245 g/mol. The van der Waals surface area contributed by atoms with E-state index in [1.54, 1.807) is 0 Å². The van der Waals surface area contributed by atoms with Gasteiger partial charge in [0.15, 0.2) is 0 Å². The van der Waals surface area contributed by atoms with E-state index >= 15 is 0 Å². The Morgan fingerprint density at radius 2 is 2.11 bits per heavy atom. The van der Waals surface area contributed by atoms with Crippen LogP contribution in [0.5, 0.6) is 5.75 Å². The maximum atomic E-state index is 6.17. The molecule has 1 aromatic rings. The second-order valence-electron chi connectivity index (χ2n) is 6.03. The summed E-state index contributed by atoms with van der Waals surface area (Å²) in [5.74, 6) is 1.10. The molecule has 3 rings (SSSR count). The number of benzene rings is 1. The third kappa shape index (κ3) is 2.14. The van der Waals surface area contributed by atoms with Crippen molar-refractivity contribution < 1.29 is 4.74 Å². The molecule has 1 aromatic carbocycles. The fourth-order valence-corrected chi connectivity index (χ4v) is 2.97. The molecule has 0 radical (unpaired) electrons. The van der Waals surface area contributed by atoms with E-state index in [0.29, 0.717) is 6.10 Å². The van der Waals surface area contributed by atoms with E-state index in [2.05, 4.69) is 37.4 Å². The molecular formula is C16H23NO. The van der Waals surface area contributed by atoms with E-state index in [4.69, 9.17) is 4.74 Å². The van der Waals surface area contributed by atoms with Crippen molar-refractivity contribution in [3.63, 3.8) is 0 Å². The van der Waals surface area contributed by atoms with Gasteiger partial charge in [0.05, 0.1) is 6.10 Å².